The van der Waals surface area contributed by atoms with Crippen molar-refractivity contribution in [3.8, 4) is 0 Å². The fourth-order valence-corrected chi connectivity index (χ4v) is 2.89. The minimum Gasteiger partial charge on any atom is -0.469 e. The van der Waals surface area contributed by atoms with Gasteiger partial charge in [0.2, 0.25) is 5.13 Å². The molecule has 0 saturated carbocycles. The van der Waals surface area contributed by atoms with Gasteiger partial charge in [0.15, 0.2) is 0 Å². The summed E-state index contributed by atoms with van der Waals surface area (Å²) in [5, 5.41) is 12.9. The Morgan fingerprint density at radius 1 is 1.33 bits per heavy atom. The summed E-state index contributed by atoms with van der Waals surface area (Å²) in [7, 11) is 1.40. The van der Waals surface area contributed by atoms with Gasteiger partial charge in [-0.3, -0.25) is 4.79 Å². The second-order valence-electron chi connectivity index (χ2n) is 3.60. The van der Waals surface area contributed by atoms with Crippen molar-refractivity contribution in [1.82, 2.24) is 10.2 Å². The Morgan fingerprint density at radius 3 is 2.78 bits per heavy atom. The van der Waals surface area contributed by atoms with Gasteiger partial charge in [-0.25, -0.2) is 0 Å². The van der Waals surface area contributed by atoms with Crippen LogP contribution in [-0.2, 0) is 22.5 Å². The number of rotatable bonds is 5. The van der Waals surface area contributed by atoms with Crippen molar-refractivity contribution >= 4 is 33.8 Å². The monoisotopic (exact) mass is 283 g/mol. The number of carbonyl (C=O) groups is 1. The Bertz CT molecular complexity index is 536. The number of aromatic nitrogens is 2. The molecule has 0 spiro atoms. The number of aryl methyl sites for hydroxylation is 1. The van der Waals surface area contributed by atoms with Crippen molar-refractivity contribution < 1.29 is 9.53 Å². The third-order valence-corrected chi connectivity index (χ3v) is 4.09. The molecule has 0 radical (unpaired) electrons. The highest BCUT2D eigenvalue weighted by Crippen LogP contribution is 2.20. The molecule has 0 aliphatic carbocycles. The van der Waals surface area contributed by atoms with Gasteiger partial charge in [-0.15, -0.1) is 21.5 Å². The van der Waals surface area contributed by atoms with E-state index in [-0.39, 0.29) is 5.97 Å². The van der Waals surface area contributed by atoms with E-state index in [1.165, 1.54) is 18.4 Å². The lowest BCUT2D eigenvalue weighted by atomic mass is 10.3. The van der Waals surface area contributed by atoms with E-state index < -0.39 is 0 Å². The van der Waals surface area contributed by atoms with Gasteiger partial charge in [0.05, 0.1) is 20.1 Å². The third kappa shape index (κ3) is 3.51. The summed E-state index contributed by atoms with van der Waals surface area (Å²) < 4.78 is 4.63. The van der Waals surface area contributed by atoms with Crippen LogP contribution in [0.5, 0.6) is 0 Å². The van der Waals surface area contributed by atoms with Crippen LogP contribution in [0.2, 0.25) is 0 Å². The van der Waals surface area contributed by atoms with Gasteiger partial charge in [-0.05, 0) is 19.1 Å². The fraction of sp³-hybridized carbons (Fsp3) is 0.364. The van der Waals surface area contributed by atoms with Gasteiger partial charge >= 0.3 is 5.97 Å². The van der Waals surface area contributed by atoms with Gasteiger partial charge in [-0.2, -0.15) is 0 Å². The minimum absolute atomic E-state index is 0.212. The lowest BCUT2D eigenvalue weighted by Crippen LogP contribution is -2.02. The summed E-state index contributed by atoms with van der Waals surface area (Å²) in [6, 6.07) is 3.95. The number of anilines is 1. The SMILES string of the molecule is COC(=O)Cc1ccc(CNc2nnc(C)s2)s1. The molecule has 2 heterocycles. The number of nitrogens with one attached hydrogen (secondary N) is 1. The molecule has 18 heavy (non-hydrogen) atoms. The van der Waals surface area contributed by atoms with Crippen molar-refractivity contribution in [2.45, 2.75) is 19.9 Å². The summed E-state index contributed by atoms with van der Waals surface area (Å²) in [5.74, 6) is -0.212. The molecular weight excluding hydrogens is 270 g/mol. The second kappa shape index (κ2) is 5.92. The summed E-state index contributed by atoms with van der Waals surface area (Å²) in [4.78, 5) is 13.3. The van der Waals surface area contributed by atoms with Crippen LogP contribution in [-0.4, -0.2) is 23.3 Å². The Morgan fingerprint density at radius 2 is 2.11 bits per heavy atom. The molecule has 0 unspecified atom stereocenters. The Hall–Kier alpha value is -1.47. The number of hydrogen-bond donors (Lipinski definition) is 1. The first kappa shape index (κ1) is 13.0. The van der Waals surface area contributed by atoms with Gasteiger partial charge in [0.1, 0.15) is 5.01 Å². The molecule has 96 valence electrons. The van der Waals surface area contributed by atoms with E-state index in [2.05, 4.69) is 20.3 Å². The van der Waals surface area contributed by atoms with E-state index in [0.29, 0.717) is 13.0 Å². The zero-order valence-corrected chi connectivity index (χ0v) is 11.7. The number of ether oxygens (including phenoxy) is 1. The predicted octanol–water partition coefficient (Wildman–Crippen LogP) is 2.24. The summed E-state index contributed by atoms with van der Waals surface area (Å²) in [6.45, 7) is 2.61. The first-order valence-corrected chi connectivity index (χ1v) is 6.99. The third-order valence-electron chi connectivity index (χ3n) is 2.20. The lowest BCUT2D eigenvalue weighted by Gasteiger charge is -1.98. The van der Waals surface area contributed by atoms with Crippen LogP contribution >= 0.6 is 22.7 Å². The van der Waals surface area contributed by atoms with Gasteiger partial charge in [0, 0.05) is 9.75 Å². The summed E-state index contributed by atoms with van der Waals surface area (Å²) >= 11 is 3.12. The number of nitrogens with zero attached hydrogens (tertiary/aromatic N) is 2. The average Bonchev–Trinajstić information content (AvgIpc) is 2.96. The summed E-state index contributed by atoms with van der Waals surface area (Å²) in [5.41, 5.74) is 0. The number of carbonyl (C=O) groups excluding carboxylic acids is 1. The van der Waals surface area contributed by atoms with Crippen LogP contribution in [0.3, 0.4) is 0 Å². The quantitative estimate of drug-likeness (QED) is 0.853. The Kier molecular flexibility index (Phi) is 4.27. The molecule has 2 aromatic rings. The normalized spacial score (nSPS) is 10.3. The maximum atomic E-state index is 11.1. The van der Waals surface area contributed by atoms with E-state index in [0.717, 1.165) is 19.9 Å². The maximum absolute atomic E-state index is 11.1. The number of hydrogen-bond acceptors (Lipinski definition) is 7. The molecule has 1 N–H and O–H groups in total. The van der Waals surface area contributed by atoms with E-state index in [9.17, 15) is 4.79 Å². The first-order chi connectivity index (χ1) is 8.67. The molecule has 7 heteroatoms. The highest BCUT2D eigenvalue weighted by Gasteiger charge is 2.07. The van der Waals surface area contributed by atoms with Crippen LogP contribution in [0.4, 0.5) is 5.13 Å². The Balaban J connectivity index is 1.88. The van der Waals surface area contributed by atoms with Crippen molar-refractivity contribution in [2.75, 3.05) is 12.4 Å². The molecule has 0 aliphatic rings. The van der Waals surface area contributed by atoms with Gasteiger partial charge in [-0.1, -0.05) is 11.3 Å². The Labute approximate surface area is 113 Å². The molecule has 2 aromatic heterocycles. The smallest absolute Gasteiger partial charge is 0.310 e. The summed E-state index contributed by atoms with van der Waals surface area (Å²) in [6.07, 6.45) is 0.332. The molecule has 2 rings (SSSR count). The van der Waals surface area contributed by atoms with E-state index >= 15 is 0 Å². The van der Waals surface area contributed by atoms with Crippen LogP contribution < -0.4 is 5.32 Å². The molecular formula is C11H13N3O2S2. The highest BCUT2D eigenvalue weighted by molar-refractivity contribution is 7.15. The van der Waals surface area contributed by atoms with E-state index in [1.807, 2.05) is 19.1 Å². The van der Waals surface area contributed by atoms with Crippen molar-refractivity contribution in [1.29, 1.82) is 0 Å². The molecule has 0 aromatic carbocycles. The van der Waals surface area contributed by atoms with Crippen LogP contribution in [0.15, 0.2) is 12.1 Å². The van der Waals surface area contributed by atoms with Crippen molar-refractivity contribution in [3.05, 3.63) is 26.9 Å². The van der Waals surface area contributed by atoms with Crippen molar-refractivity contribution in [2.24, 2.45) is 0 Å². The maximum Gasteiger partial charge on any atom is 0.310 e. The van der Waals surface area contributed by atoms with E-state index in [4.69, 9.17) is 0 Å². The zero-order valence-electron chi connectivity index (χ0n) is 10.1. The number of esters is 1. The zero-order chi connectivity index (χ0) is 13.0. The van der Waals surface area contributed by atoms with Crippen LogP contribution in [0, 0.1) is 6.92 Å². The predicted molar refractivity (Wildman–Crippen MR) is 72.0 cm³/mol. The fourth-order valence-electron chi connectivity index (χ4n) is 1.36. The number of thiophene rings is 1. The van der Waals surface area contributed by atoms with Crippen LogP contribution in [0.25, 0.3) is 0 Å². The van der Waals surface area contributed by atoms with Gasteiger partial charge in [0.25, 0.3) is 0 Å². The second-order valence-corrected chi connectivity index (χ2v) is 6.04. The topological polar surface area (TPSA) is 64.1 Å². The van der Waals surface area contributed by atoms with Gasteiger partial charge < -0.3 is 10.1 Å². The van der Waals surface area contributed by atoms with E-state index in [1.54, 1.807) is 11.3 Å². The first-order valence-electron chi connectivity index (χ1n) is 5.36. The van der Waals surface area contributed by atoms with Crippen LogP contribution in [0.1, 0.15) is 14.8 Å². The molecule has 0 aliphatic heterocycles. The molecule has 0 amide bonds. The minimum atomic E-state index is -0.212. The highest BCUT2D eigenvalue weighted by atomic mass is 32.1. The lowest BCUT2D eigenvalue weighted by molar-refractivity contribution is -0.139. The average molecular weight is 283 g/mol. The standard InChI is InChI=1S/C11H13N3O2S2/c1-7-13-14-11(17-7)12-6-9-4-3-8(18-9)5-10(15)16-2/h3-4H,5-6H2,1-2H3,(H,12,14). The molecule has 0 saturated heterocycles. The largest absolute Gasteiger partial charge is 0.469 e. The molecule has 0 fully saturated rings. The molecule has 0 bridgehead atoms. The number of methoxy groups -OCH3 is 1. The molecule has 5 nitrogen and oxygen atoms in total. The van der Waals surface area contributed by atoms with Crippen molar-refractivity contribution in [3.63, 3.8) is 0 Å². The molecule has 0 atom stereocenters.